The third-order valence-electron chi connectivity index (χ3n) is 5.42. The fourth-order valence-corrected chi connectivity index (χ4v) is 4.07. The quantitative estimate of drug-likeness (QED) is 0.406. The van der Waals surface area contributed by atoms with Crippen LogP contribution >= 0.6 is 11.3 Å². The summed E-state index contributed by atoms with van der Waals surface area (Å²) in [4.78, 5) is 41.2. The van der Waals surface area contributed by atoms with Crippen LogP contribution < -0.4 is 15.8 Å². The first-order valence-corrected chi connectivity index (χ1v) is 11.8. The number of benzene rings is 1. The van der Waals surface area contributed by atoms with Gasteiger partial charge in [0.1, 0.15) is 5.82 Å². The minimum Gasteiger partial charge on any atom is -0.475 e. The molecule has 10 nitrogen and oxygen atoms in total. The maximum absolute atomic E-state index is 13.4. The van der Waals surface area contributed by atoms with Crippen molar-refractivity contribution >= 4 is 34.2 Å². The molecule has 2 aromatic heterocycles. The van der Waals surface area contributed by atoms with Crippen molar-refractivity contribution in [3.63, 3.8) is 0 Å². The Kier molecular flexibility index (Phi) is 9.11. The van der Waals surface area contributed by atoms with E-state index in [2.05, 4.69) is 25.4 Å². The van der Waals surface area contributed by atoms with Gasteiger partial charge in [0.2, 0.25) is 5.91 Å². The summed E-state index contributed by atoms with van der Waals surface area (Å²) >= 11 is 1.22. The number of rotatable bonds is 5. The van der Waals surface area contributed by atoms with Crippen LogP contribution in [0.1, 0.15) is 6.92 Å². The Bertz CT molecular complexity index is 1320. The van der Waals surface area contributed by atoms with E-state index in [-0.39, 0.29) is 17.5 Å². The molecule has 1 fully saturated rings. The molecule has 0 aliphatic carbocycles. The molecule has 1 aliphatic rings. The third-order valence-corrected chi connectivity index (χ3v) is 6.18. The second-order valence-electron chi connectivity index (χ2n) is 7.94. The van der Waals surface area contributed by atoms with Gasteiger partial charge in [-0.3, -0.25) is 14.5 Å². The van der Waals surface area contributed by atoms with Crippen LogP contribution in [0.5, 0.6) is 0 Å². The zero-order valence-corrected chi connectivity index (χ0v) is 20.4. The van der Waals surface area contributed by atoms with E-state index in [1.807, 2.05) is 11.8 Å². The van der Waals surface area contributed by atoms with Crippen LogP contribution in [0.4, 0.5) is 32.9 Å². The molecule has 204 valence electrons. The number of amides is 1. The molecule has 1 amide bonds. The third kappa shape index (κ3) is 7.55. The van der Waals surface area contributed by atoms with Crippen LogP contribution in [0, 0.1) is 11.6 Å². The number of piperazine rings is 1. The number of H-pyrrole nitrogens is 1. The van der Waals surface area contributed by atoms with Crippen molar-refractivity contribution in [2.45, 2.75) is 19.1 Å². The Labute approximate surface area is 215 Å². The van der Waals surface area contributed by atoms with Gasteiger partial charge >= 0.3 is 12.1 Å². The second kappa shape index (κ2) is 12.1. The molecule has 1 atom stereocenters. The smallest absolute Gasteiger partial charge is 0.475 e. The Morgan fingerprint density at radius 2 is 1.76 bits per heavy atom. The van der Waals surface area contributed by atoms with E-state index < -0.39 is 23.8 Å². The van der Waals surface area contributed by atoms with Crippen molar-refractivity contribution in [1.82, 2.24) is 20.1 Å². The van der Waals surface area contributed by atoms with Gasteiger partial charge in [-0.1, -0.05) is 0 Å². The lowest BCUT2D eigenvalue weighted by atomic mass is 10.2. The SMILES string of the molecule is CC(C(=O)Nc1nc(-c2ccc(F)c(F)c2)cs1)N1CCN(c2ccc(=O)[nH]n2)CC1.O=C(O)C(F)(F)F. The highest BCUT2D eigenvalue weighted by Gasteiger charge is 2.38. The summed E-state index contributed by atoms with van der Waals surface area (Å²) in [5, 5.41) is 18.5. The number of thiazole rings is 1. The highest BCUT2D eigenvalue weighted by molar-refractivity contribution is 7.14. The van der Waals surface area contributed by atoms with Crippen molar-refractivity contribution in [2.24, 2.45) is 0 Å². The molecule has 1 saturated heterocycles. The van der Waals surface area contributed by atoms with E-state index >= 15 is 0 Å². The second-order valence-corrected chi connectivity index (χ2v) is 8.80. The van der Waals surface area contributed by atoms with E-state index in [0.717, 1.165) is 12.1 Å². The molecular formula is C22H21F5N6O4S. The maximum Gasteiger partial charge on any atom is 0.490 e. The summed E-state index contributed by atoms with van der Waals surface area (Å²) < 4.78 is 58.3. The Morgan fingerprint density at radius 3 is 2.32 bits per heavy atom. The van der Waals surface area contributed by atoms with Gasteiger partial charge in [0.05, 0.1) is 11.7 Å². The Balaban J connectivity index is 0.000000505. The van der Waals surface area contributed by atoms with Gasteiger partial charge in [0.15, 0.2) is 16.8 Å². The van der Waals surface area contributed by atoms with Gasteiger partial charge in [-0.05, 0) is 31.2 Å². The number of carboxylic acid groups (broad SMARTS) is 1. The first-order valence-electron chi connectivity index (χ1n) is 10.9. The molecule has 3 aromatic rings. The predicted octanol–water partition coefficient (Wildman–Crippen LogP) is 2.95. The standard InChI is InChI=1S/C20H20F2N6O2S.C2HF3O2/c1-12(27-6-8-28(9-7-27)17-4-5-18(29)26-25-17)19(30)24-20-23-16(11-31-20)13-2-3-14(21)15(22)10-13;3-2(4,5)1(6)7/h2-5,10-12H,6-9H2,1H3,(H,26,29)(H,23,24,30);(H,6,7). The van der Waals surface area contributed by atoms with Gasteiger partial charge in [0.25, 0.3) is 5.56 Å². The largest absolute Gasteiger partial charge is 0.490 e. The predicted molar refractivity (Wildman–Crippen MR) is 128 cm³/mol. The number of nitrogens with zero attached hydrogens (tertiary/aromatic N) is 4. The number of alkyl halides is 3. The molecule has 1 aromatic carbocycles. The van der Waals surface area contributed by atoms with Gasteiger partial charge < -0.3 is 15.3 Å². The molecule has 0 saturated carbocycles. The van der Waals surface area contributed by atoms with Crippen LogP contribution in [0.15, 0.2) is 40.5 Å². The van der Waals surface area contributed by atoms with Crippen molar-refractivity contribution in [2.75, 3.05) is 36.4 Å². The van der Waals surface area contributed by atoms with Crippen LogP contribution in [-0.2, 0) is 9.59 Å². The van der Waals surface area contributed by atoms with E-state index in [4.69, 9.17) is 9.90 Å². The van der Waals surface area contributed by atoms with E-state index in [0.29, 0.717) is 48.4 Å². The van der Waals surface area contributed by atoms with Crippen molar-refractivity contribution in [1.29, 1.82) is 0 Å². The van der Waals surface area contributed by atoms with E-state index in [1.165, 1.54) is 23.5 Å². The molecule has 0 radical (unpaired) electrons. The highest BCUT2D eigenvalue weighted by Crippen LogP contribution is 2.26. The van der Waals surface area contributed by atoms with Gasteiger partial charge in [-0.25, -0.2) is 23.7 Å². The van der Waals surface area contributed by atoms with Crippen molar-refractivity contribution in [3.05, 3.63) is 57.7 Å². The molecular weight excluding hydrogens is 539 g/mol. The fourth-order valence-electron chi connectivity index (χ4n) is 3.35. The number of aromatic nitrogens is 3. The molecule has 1 unspecified atom stereocenters. The topological polar surface area (TPSA) is 132 Å². The Hall–Kier alpha value is -3.92. The molecule has 3 heterocycles. The monoisotopic (exact) mass is 560 g/mol. The van der Waals surface area contributed by atoms with Crippen LogP contribution in [0.2, 0.25) is 0 Å². The number of carbonyl (C=O) groups excluding carboxylic acids is 1. The fraction of sp³-hybridized carbons (Fsp3) is 0.318. The van der Waals surface area contributed by atoms with Gasteiger partial charge in [-0.2, -0.15) is 18.3 Å². The lowest BCUT2D eigenvalue weighted by Crippen LogP contribution is -2.53. The number of halogens is 5. The summed E-state index contributed by atoms with van der Waals surface area (Å²) in [6, 6.07) is 6.31. The van der Waals surface area contributed by atoms with Crippen LogP contribution in [0.3, 0.4) is 0 Å². The number of anilines is 2. The van der Waals surface area contributed by atoms with Gasteiger partial charge in [-0.15, -0.1) is 11.3 Å². The van der Waals surface area contributed by atoms with Crippen molar-refractivity contribution < 1.29 is 36.6 Å². The maximum atomic E-state index is 13.4. The molecule has 0 spiro atoms. The summed E-state index contributed by atoms with van der Waals surface area (Å²) in [5.74, 6) is -4.11. The highest BCUT2D eigenvalue weighted by atomic mass is 32.1. The summed E-state index contributed by atoms with van der Waals surface area (Å²) in [7, 11) is 0. The van der Waals surface area contributed by atoms with E-state index in [1.54, 1.807) is 11.4 Å². The zero-order chi connectivity index (χ0) is 28.0. The summed E-state index contributed by atoms with van der Waals surface area (Å²) in [6.07, 6.45) is -5.08. The number of hydrogen-bond acceptors (Lipinski definition) is 8. The average Bonchev–Trinajstić information content (AvgIpc) is 3.34. The first kappa shape index (κ1) is 28.6. The number of nitrogens with one attached hydrogen (secondary N) is 2. The van der Waals surface area contributed by atoms with Crippen LogP contribution in [-0.4, -0.2) is 75.5 Å². The molecule has 38 heavy (non-hydrogen) atoms. The molecule has 0 bridgehead atoms. The summed E-state index contributed by atoms with van der Waals surface area (Å²) in [6.45, 7) is 4.50. The first-order chi connectivity index (χ1) is 17.8. The lowest BCUT2D eigenvalue weighted by Gasteiger charge is -2.37. The van der Waals surface area contributed by atoms with Crippen LogP contribution in [0.25, 0.3) is 11.3 Å². The normalized spacial score (nSPS) is 14.8. The minimum absolute atomic E-state index is 0.193. The minimum atomic E-state index is -5.08. The molecule has 16 heteroatoms. The number of carbonyl (C=O) groups is 2. The molecule has 4 rings (SSSR count). The number of carboxylic acids is 1. The summed E-state index contributed by atoms with van der Waals surface area (Å²) in [5.41, 5.74) is 0.659. The molecule has 3 N–H and O–H groups in total. The van der Waals surface area contributed by atoms with Crippen molar-refractivity contribution in [3.8, 4) is 11.3 Å². The average molecular weight is 561 g/mol. The molecule has 1 aliphatic heterocycles. The van der Waals surface area contributed by atoms with Gasteiger partial charge in [0, 0.05) is 43.2 Å². The lowest BCUT2D eigenvalue weighted by molar-refractivity contribution is -0.192. The zero-order valence-electron chi connectivity index (χ0n) is 19.6. The number of hydrogen-bond donors (Lipinski definition) is 3. The number of aromatic amines is 1. The van der Waals surface area contributed by atoms with E-state index in [9.17, 15) is 31.5 Å². The number of aliphatic carboxylic acids is 1. The Morgan fingerprint density at radius 1 is 1.11 bits per heavy atom.